The summed E-state index contributed by atoms with van der Waals surface area (Å²) in [6, 6.07) is 2.27. The lowest BCUT2D eigenvalue weighted by molar-refractivity contribution is -0.274. The number of halogens is 4. The summed E-state index contributed by atoms with van der Waals surface area (Å²) < 4.78 is 45.1. The number of thiol groups is 1. The van der Waals surface area contributed by atoms with E-state index in [0.29, 0.717) is 10.1 Å². The topological polar surface area (TPSA) is 35.3 Å². The number of alkyl halides is 3. The van der Waals surface area contributed by atoms with Gasteiger partial charge in [0.15, 0.2) is 5.58 Å². The van der Waals surface area contributed by atoms with Crippen molar-refractivity contribution in [2.75, 3.05) is 0 Å². The van der Waals surface area contributed by atoms with Crippen LogP contribution in [0.1, 0.15) is 0 Å². The van der Waals surface area contributed by atoms with E-state index in [1.54, 1.807) is 0 Å². The highest BCUT2D eigenvalue weighted by Gasteiger charge is 2.31. The Bertz CT molecular complexity index is 540. The van der Waals surface area contributed by atoms with Crippen LogP contribution in [0.25, 0.3) is 11.1 Å². The summed E-state index contributed by atoms with van der Waals surface area (Å²) in [5, 5.41) is 0.0693. The van der Waals surface area contributed by atoms with E-state index in [0.717, 1.165) is 12.1 Å². The van der Waals surface area contributed by atoms with E-state index in [1.165, 1.54) is 0 Å². The lowest BCUT2D eigenvalue weighted by Gasteiger charge is -2.08. The molecule has 8 heteroatoms. The number of oxazole rings is 1. The van der Waals surface area contributed by atoms with Crippen molar-refractivity contribution >= 4 is 39.7 Å². The quantitative estimate of drug-likeness (QED) is 0.814. The highest BCUT2D eigenvalue weighted by atomic mass is 79.9. The van der Waals surface area contributed by atoms with Crippen molar-refractivity contribution in [3.63, 3.8) is 0 Å². The minimum atomic E-state index is -4.74. The van der Waals surface area contributed by atoms with E-state index in [2.05, 4.69) is 38.3 Å². The molecule has 0 fully saturated rings. The molecule has 1 aromatic heterocycles. The van der Waals surface area contributed by atoms with Gasteiger partial charge in [0.1, 0.15) is 11.3 Å². The van der Waals surface area contributed by atoms with E-state index in [1.807, 2.05) is 0 Å². The third-order valence-corrected chi connectivity index (χ3v) is 2.42. The predicted octanol–water partition coefficient (Wildman–Crippen LogP) is 3.78. The molecule has 0 amide bonds. The molecule has 1 aromatic carbocycles. The fraction of sp³-hybridized carbons (Fsp3) is 0.125. The van der Waals surface area contributed by atoms with Gasteiger partial charge in [-0.2, -0.15) is 0 Å². The van der Waals surface area contributed by atoms with Gasteiger partial charge in [-0.25, -0.2) is 4.98 Å². The summed E-state index contributed by atoms with van der Waals surface area (Å²) in [6.45, 7) is 0. The summed E-state index contributed by atoms with van der Waals surface area (Å²) in [4.78, 5) is 3.78. The molecule has 0 aliphatic rings. The van der Waals surface area contributed by atoms with Crippen LogP contribution in [0.3, 0.4) is 0 Å². The molecule has 0 aliphatic carbocycles. The van der Waals surface area contributed by atoms with Crippen LogP contribution in [-0.4, -0.2) is 11.3 Å². The molecule has 3 nitrogen and oxygen atoms in total. The van der Waals surface area contributed by atoms with E-state index in [-0.39, 0.29) is 16.5 Å². The maximum absolute atomic E-state index is 12.0. The predicted molar refractivity (Wildman–Crippen MR) is 55.6 cm³/mol. The SMILES string of the molecule is FC(F)(F)Oc1cc(Br)c2oc(S)nc2c1. The van der Waals surface area contributed by atoms with Crippen molar-refractivity contribution in [2.45, 2.75) is 11.6 Å². The zero-order valence-electron chi connectivity index (χ0n) is 7.38. The van der Waals surface area contributed by atoms with Crippen molar-refractivity contribution in [3.05, 3.63) is 16.6 Å². The van der Waals surface area contributed by atoms with Gasteiger partial charge in [-0.3, -0.25) is 0 Å². The number of hydrogen-bond donors (Lipinski definition) is 1. The first-order chi connectivity index (χ1) is 7.35. The van der Waals surface area contributed by atoms with Crippen LogP contribution in [0, 0.1) is 0 Å². The van der Waals surface area contributed by atoms with Gasteiger partial charge in [0.25, 0.3) is 5.22 Å². The van der Waals surface area contributed by atoms with Crippen LogP contribution in [0.2, 0.25) is 0 Å². The average Bonchev–Trinajstić information content (AvgIpc) is 2.42. The van der Waals surface area contributed by atoms with E-state index >= 15 is 0 Å². The van der Waals surface area contributed by atoms with Crippen molar-refractivity contribution < 1.29 is 22.3 Å². The fourth-order valence-electron chi connectivity index (χ4n) is 1.15. The first-order valence-electron chi connectivity index (χ1n) is 3.90. The molecular formula is C8H3BrF3NO2S. The second kappa shape index (κ2) is 3.85. The Morgan fingerprint density at radius 3 is 2.69 bits per heavy atom. The molecule has 0 saturated heterocycles. The van der Waals surface area contributed by atoms with Gasteiger partial charge in [-0.05, 0) is 22.0 Å². The molecule has 1 heterocycles. The normalized spacial score (nSPS) is 12.1. The van der Waals surface area contributed by atoms with Crippen molar-refractivity contribution in [1.82, 2.24) is 4.98 Å². The largest absolute Gasteiger partial charge is 0.573 e. The van der Waals surface area contributed by atoms with Gasteiger partial charge >= 0.3 is 6.36 Å². The number of hydrogen-bond acceptors (Lipinski definition) is 4. The first kappa shape index (κ1) is 11.6. The zero-order chi connectivity index (χ0) is 11.9. The third-order valence-electron chi connectivity index (χ3n) is 1.64. The number of aromatic nitrogens is 1. The highest BCUT2D eigenvalue weighted by molar-refractivity contribution is 9.10. The maximum Gasteiger partial charge on any atom is 0.573 e. The Morgan fingerprint density at radius 2 is 2.06 bits per heavy atom. The Kier molecular flexibility index (Phi) is 2.79. The molecule has 2 rings (SSSR count). The van der Waals surface area contributed by atoms with Crippen LogP contribution in [0.15, 0.2) is 26.2 Å². The molecule has 0 bridgehead atoms. The van der Waals surface area contributed by atoms with Gasteiger partial charge in [0.05, 0.1) is 4.47 Å². The van der Waals surface area contributed by atoms with Gasteiger partial charge in [-0.1, -0.05) is 12.6 Å². The first-order valence-corrected chi connectivity index (χ1v) is 5.14. The molecule has 0 saturated carbocycles. The molecule has 0 N–H and O–H groups in total. The Hall–Kier alpha value is -0.890. The standard InChI is InChI=1S/C8H3BrF3NO2S/c9-4-1-3(15-8(10,11)12)2-5-6(4)14-7(16)13-5/h1-2H,(H,13,16). The van der Waals surface area contributed by atoms with Crippen LogP contribution in [0.5, 0.6) is 5.75 Å². The average molecular weight is 314 g/mol. The molecule has 16 heavy (non-hydrogen) atoms. The minimum absolute atomic E-state index is 0.0693. The number of benzene rings is 1. The maximum atomic E-state index is 12.0. The van der Waals surface area contributed by atoms with Crippen LogP contribution >= 0.6 is 28.6 Å². The third kappa shape index (κ3) is 2.43. The number of ether oxygens (including phenoxy) is 1. The lowest BCUT2D eigenvalue weighted by Crippen LogP contribution is -2.17. The van der Waals surface area contributed by atoms with E-state index < -0.39 is 6.36 Å². The Morgan fingerprint density at radius 1 is 1.38 bits per heavy atom. The van der Waals surface area contributed by atoms with Crippen LogP contribution in [0.4, 0.5) is 13.2 Å². The molecule has 0 radical (unpaired) electrons. The van der Waals surface area contributed by atoms with Gasteiger partial charge in [0.2, 0.25) is 0 Å². The summed E-state index contributed by atoms with van der Waals surface area (Å²) in [7, 11) is 0. The molecular weight excluding hydrogens is 311 g/mol. The zero-order valence-corrected chi connectivity index (χ0v) is 9.86. The number of fused-ring (bicyclic) bond motifs is 1. The molecule has 2 aromatic rings. The van der Waals surface area contributed by atoms with Crippen molar-refractivity contribution in [2.24, 2.45) is 0 Å². The van der Waals surface area contributed by atoms with Crippen molar-refractivity contribution in [3.8, 4) is 5.75 Å². The molecule has 0 spiro atoms. The molecule has 0 aliphatic heterocycles. The second-order valence-corrected chi connectivity index (χ2v) is 4.03. The van der Waals surface area contributed by atoms with Gasteiger partial charge in [-0.15, -0.1) is 13.2 Å². The van der Waals surface area contributed by atoms with E-state index in [4.69, 9.17) is 4.42 Å². The van der Waals surface area contributed by atoms with E-state index in [9.17, 15) is 13.2 Å². The summed E-state index contributed by atoms with van der Waals surface area (Å²) in [5.74, 6) is -0.367. The Labute approximate surface area is 101 Å². The van der Waals surface area contributed by atoms with Crippen LogP contribution < -0.4 is 4.74 Å². The van der Waals surface area contributed by atoms with Crippen molar-refractivity contribution in [1.29, 1.82) is 0 Å². The number of nitrogens with zero attached hydrogens (tertiary/aromatic N) is 1. The fourth-order valence-corrected chi connectivity index (χ4v) is 1.86. The van der Waals surface area contributed by atoms with Gasteiger partial charge < -0.3 is 9.15 Å². The molecule has 0 unspecified atom stereocenters. The van der Waals surface area contributed by atoms with Crippen LogP contribution in [-0.2, 0) is 0 Å². The summed E-state index contributed by atoms with van der Waals surface area (Å²) >= 11 is 6.90. The van der Waals surface area contributed by atoms with Gasteiger partial charge in [0, 0.05) is 6.07 Å². The monoisotopic (exact) mass is 313 g/mol. The highest BCUT2D eigenvalue weighted by Crippen LogP contribution is 2.33. The smallest absolute Gasteiger partial charge is 0.430 e. The lowest BCUT2D eigenvalue weighted by atomic mass is 10.3. The Balaban J connectivity index is 2.49. The summed E-state index contributed by atoms with van der Waals surface area (Å²) in [5.41, 5.74) is 0.554. The molecule has 0 atom stereocenters. The number of rotatable bonds is 1. The minimum Gasteiger partial charge on any atom is -0.430 e. The second-order valence-electron chi connectivity index (χ2n) is 2.80. The molecule has 86 valence electrons. The summed E-state index contributed by atoms with van der Waals surface area (Å²) in [6.07, 6.45) is -4.74.